The molecule has 0 saturated carbocycles. The van der Waals surface area contributed by atoms with Gasteiger partial charge in [0, 0.05) is 12.7 Å². The van der Waals surface area contributed by atoms with Crippen molar-refractivity contribution in [2.24, 2.45) is 10.7 Å². The molecule has 130 valence electrons. The van der Waals surface area contributed by atoms with E-state index in [0.717, 1.165) is 34.1 Å². The van der Waals surface area contributed by atoms with Crippen molar-refractivity contribution in [1.82, 2.24) is 20.9 Å². The summed E-state index contributed by atoms with van der Waals surface area (Å²) in [5, 5.41) is 1.93. The highest BCUT2D eigenvalue weighted by Crippen LogP contribution is 2.35. The first-order valence-corrected chi connectivity index (χ1v) is 8.03. The topological polar surface area (TPSA) is 108 Å². The van der Waals surface area contributed by atoms with Gasteiger partial charge in [-0.25, -0.2) is 0 Å². The number of rotatable bonds is 3. The van der Waals surface area contributed by atoms with Gasteiger partial charge < -0.3 is 26.2 Å². The molecule has 0 spiro atoms. The minimum atomic E-state index is -0.159. The number of aryl methyl sites for hydroxylation is 1. The summed E-state index contributed by atoms with van der Waals surface area (Å²) in [6.07, 6.45) is 1.66. The zero-order chi connectivity index (χ0) is 17.6. The second-order valence-corrected chi connectivity index (χ2v) is 6.25. The third kappa shape index (κ3) is 2.56. The van der Waals surface area contributed by atoms with Crippen LogP contribution < -0.4 is 22.4 Å². The van der Waals surface area contributed by atoms with E-state index in [1.165, 1.54) is 0 Å². The molecule has 2 aliphatic rings. The number of hydrogen-bond acceptors (Lipinski definition) is 8. The predicted octanol–water partition coefficient (Wildman–Crippen LogP) is 1.17. The molecular formula is C17H21N7O. The number of nitrogens with two attached hydrogens (primary N) is 2. The maximum atomic E-state index is 6.13. The molecule has 2 aliphatic heterocycles. The normalized spacial score (nSPS) is 19.8. The molecule has 4 rings (SSSR count). The quantitative estimate of drug-likeness (QED) is 0.622. The Balaban J connectivity index is 1.66. The second-order valence-electron chi connectivity index (χ2n) is 6.25. The lowest BCUT2D eigenvalue weighted by molar-refractivity contribution is 0.240. The highest BCUT2D eigenvalue weighted by Gasteiger charge is 2.37. The van der Waals surface area contributed by atoms with E-state index >= 15 is 0 Å². The Morgan fingerprint density at radius 1 is 1.28 bits per heavy atom. The number of nitrogen functional groups attached to an aromatic ring is 1. The van der Waals surface area contributed by atoms with Crippen molar-refractivity contribution >= 4 is 11.6 Å². The van der Waals surface area contributed by atoms with E-state index in [4.69, 9.17) is 15.9 Å². The van der Waals surface area contributed by atoms with Crippen LogP contribution >= 0.6 is 0 Å². The molecule has 1 unspecified atom stereocenters. The van der Waals surface area contributed by atoms with Gasteiger partial charge in [-0.05, 0) is 36.2 Å². The van der Waals surface area contributed by atoms with Gasteiger partial charge in [0.25, 0.3) is 0 Å². The van der Waals surface area contributed by atoms with Crippen LogP contribution in [0.1, 0.15) is 22.9 Å². The molecule has 0 aliphatic carbocycles. The first-order valence-electron chi connectivity index (χ1n) is 8.03. The number of likely N-dealkylation sites (N-methyl/N-ethyl adjacent to an activating group) is 1. The van der Waals surface area contributed by atoms with Crippen molar-refractivity contribution in [3.05, 3.63) is 65.0 Å². The second kappa shape index (κ2) is 5.75. The standard InChI is InChI=1S/C17H21N7O/c1-10-8-11(5-6-12(10)18)9-24-16-14(21-22-24)15(13-4-3-7-25-13)23(2)17(19)20-16/h3-8,15,21-22H,9,18H2,1-2H3,(H2,19,20). The molecular weight excluding hydrogens is 318 g/mol. The maximum absolute atomic E-state index is 6.13. The summed E-state index contributed by atoms with van der Waals surface area (Å²) in [6, 6.07) is 9.63. The molecule has 0 saturated heterocycles. The number of nitrogens with one attached hydrogen (secondary N) is 2. The Labute approximate surface area is 145 Å². The number of nitrogens with zero attached hydrogens (tertiary/aromatic N) is 3. The largest absolute Gasteiger partial charge is 0.467 e. The zero-order valence-corrected chi connectivity index (χ0v) is 14.2. The van der Waals surface area contributed by atoms with Crippen LogP contribution in [-0.4, -0.2) is 22.9 Å². The molecule has 25 heavy (non-hydrogen) atoms. The molecule has 0 bridgehead atoms. The number of benzene rings is 1. The Morgan fingerprint density at radius 3 is 2.84 bits per heavy atom. The summed E-state index contributed by atoms with van der Waals surface area (Å²) >= 11 is 0. The Bertz CT molecular complexity index is 856. The van der Waals surface area contributed by atoms with E-state index < -0.39 is 0 Å². The minimum Gasteiger partial charge on any atom is -0.467 e. The van der Waals surface area contributed by atoms with E-state index in [-0.39, 0.29) is 6.04 Å². The molecule has 2 aromatic rings. The number of hydrogen-bond donors (Lipinski definition) is 4. The van der Waals surface area contributed by atoms with E-state index in [0.29, 0.717) is 12.5 Å². The lowest BCUT2D eigenvalue weighted by Gasteiger charge is -2.31. The van der Waals surface area contributed by atoms with E-state index in [2.05, 4.69) is 22.0 Å². The van der Waals surface area contributed by atoms with Crippen LogP contribution in [-0.2, 0) is 6.54 Å². The van der Waals surface area contributed by atoms with Gasteiger partial charge in [0.15, 0.2) is 11.8 Å². The SMILES string of the molecule is Cc1cc(CN2NNC3=C2N=C(N)N(C)C3c2ccco2)ccc1N. The number of anilines is 1. The lowest BCUT2D eigenvalue weighted by Crippen LogP contribution is -2.42. The van der Waals surface area contributed by atoms with E-state index in [1.807, 2.05) is 48.1 Å². The summed E-state index contributed by atoms with van der Waals surface area (Å²) in [6.45, 7) is 2.62. The number of hydrazine groups is 2. The fourth-order valence-electron chi connectivity index (χ4n) is 3.12. The van der Waals surface area contributed by atoms with Gasteiger partial charge in [0.05, 0.1) is 12.8 Å². The van der Waals surface area contributed by atoms with Crippen LogP contribution in [0.25, 0.3) is 0 Å². The van der Waals surface area contributed by atoms with Gasteiger partial charge in [-0.2, -0.15) is 4.99 Å². The zero-order valence-electron chi connectivity index (χ0n) is 14.2. The molecule has 1 aromatic heterocycles. The molecule has 0 amide bonds. The maximum Gasteiger partial charge on any atom is 0.198 e. The Morgan fingerprint density at radius 2 is 2.12 bits per heavy atom. The van der Waals surface area contributed by atoms with Gasteiger partial charge in [0.1, 0.15) is 17.5 Å². The smallest absolute Gasteiger partial charge is 0.198 e. The van der Waals surface area contributed by atoms with Gasteiger partial charge in [-0.1, -0.05) is 12.1 Å². The van der Waals surface area contributed by atoms with Crippen molar-refractivity contribution in [3.8, 4) is 0 Å². The number of aliphatic imine (C=N–C) groups is 1. The summed E-state index contributed by atoms with van der Waals surface area (Å²) in [5.41, 5.74) is 22.3. The van der Waals surface area contributed by atoms with Crippen LogP contribution in [0.2, 0.25) is 0 Å². The van der Waals surface area contributed by atoms with Crippen LogP contribution in [0.15, 0.2) is 57.5 Å². The van der Waals surface area contributed by atoms with Crippen molar-refractivity contribution in [2.75, 3.05) is 12.8 Å². The molecule has 0 fully saturated rings. The Kier molecular flexibility index (Phi) is 3.54. The van der Waals surface area contributed by atoms with Crippen molar-refractivity contribution in [1.29, 1.82) is 0 Å². The monoisotopic (exact) mass is 339 g/mol. The number of guanidine groups is 1. The summed E-state index contributed by atoms with van der Waals surface area (Å²) in [4.78, 5) is 6.42. The van der Waals surface area contributed by atoms with Gasteiger partial charge in [-0.3, -0.25) is 5.01 Å². The minimum absolute atomic E-state index is 0.159. The summed E-state index contributed by atoms with van der Waals surface area (Å²) in [7, 11) is 1.89. The third-order valence-corrected chi connectivity index (χ3v) is 4.55. The lowest BCUT2D eigenvalue weighted by atomic mass is 10.1. The molecule has 8 heteroatoms. The average molecular weight is 339 g/mol. The van der Waals surface area contributed by atoms with Crippen LogP contribution in [0, 0.1) is 6.92 Å². The van der Waals surface area contributed by atoms with Gasteiger partial charge in [-0.15, -0.1) is 5.53 Å². The first kappa shape index (κ1) is 15.4. The highest BCUT2D eigenvalue weighted by molar-refractivity contribution is 5.81. The average Bonchev–Trinajstić information content (AvgIpc) is 3.23. The van der Waals surface area contributed by atoms with Crippen molar-refractivity contribution < 1.29 is 4.42 Å². The van der Waals surface area contributed by atoms with Crippen LogP contribution in [0.4, 0.5) is 5.69 Å². The highest BCUT2D eigenvalue weighted by atomic mass is 16.3. The van der Waals surface area contributed by atoms with Crippen molar-refractivity contribution in [2.45, 2.75) is 19.5 Å². The van der Waals surface area contributed by atoms with Crippen LogP contribution in [0.3, 0.4) is 0 Å². The third-order valence-electron chi connectivity index (χ3n) is 4.55. The molecule has 1 atom stereocenters. The molecule has 6 N–H and O–H groups in total. The predicted molar refractivity (Wildman–Crippen MR) is 95.3 cm³/mol. The molecule has 3 heterocycles. The fourth-order valence-corrected chi connectivity index (χ4v) is 3.12. The fraction of sp³-hybridized carbons (Fsp3) is 0.235. The van der Waals surface area contributed by atoms with Crippen molar-refractivity contribution in [3.63, 3.8) is 0 Å². The van der Waals surface area contributed by atoms with Gasteiger partial charge in [0.2, 0.25) is 0 Å². The van der Waals surface area contributed by atoms with E-state index in [1.54, 1.807) is 6.26 Å². The number of furan rings is 1. The van der Waals surface area contributed by atoms with E-state index in [9.17, 15) is 0 Å². The first-order chi connectivity index (χ1) is 12.0. The molecule has 8 nitrogen and oxygen atoms in total. The molecule has 1 aromatic carbocycles. The van der Waals surface area contributed by atoms with Crippen LogP contribution in [0.5, 0.6) is 0 Å². The summed E-state index contributed by atoms with van der Waals surface area (Å²) < 4.78 is 5.60. The Hall–Kier alpha value is -3.13. The van der Waals surface area contributed by atoms with Gasteiger partial charge >= 0.3 is 0 Å². The molecule has 0 radical (unpaired) electrons. The summed E-state index contributed by atoms with van der Waals surface area (Å²) in [5.74, 6) is 1.99.